The standard InChI is InChI=1S/C18H26N2O/c1-13(2)12-21-17-7-8-18-16(11-17)10-15(14(3)20-18)6-5-9-19-4/h7-8,10-11,13,19H,5-6,9,12H2,1-4H3. The summed E-state index contributed by atoms with van der Waals surface area (Å²) in [5.41, 5.74) is 3.51. The molecular formula is C18H26N2O. The third kappa shape index (κ3) is 4.43. The first-order chi connectivity index (χ1) is 10.1. The van der Waals surface area contributed by atoms with Crippen LogP contribution in [-0.4, -0.2) is 25.2 Å². The molecule has 2 rings (SSSR count). The van der Waals surface area contributed by atoms with Crippen molar-refractivity contribution in [2.24, 2.45) is 5.92 Å². The Labute approximate surface area is 127 Å². The average molecular weight is 286 g/mol. The maximum Gasteiger partial charge on any atom is 0.120 e. The molecule has 1 N–H and O–H groups in total. The molecular weight excluding hydrogens is 260 g/mol. The number of nitrogens with one attached hydrogen (secondary N) is 1. The van der Waals surface area contributed by atoms with Gasteiger partial charge < -0.3 is 10.1 Å². The number of hydrogen-bond acceptors (Lipinski definition) is 3. The fourth-order valence-electron chi connectivity index (χ4n) is 2.36. The van der Waals surface area contributed by atoms with Crippen LogP contribution in [0.4, 0.5) is 0 Å². The van der Waals surface area contributed by atoms with Gasteiger partial charge in [-0.1, -0.05) is 13.8 Å². The second kappa shape index (κ2) is 7.41. The van der Waals surface area contributed by atoms with Crippen LogP contribution in [0.1, 0.15) is 31.5 Å². The van der Waals surface area contributed by atoms with E-state index in [2.05, 4.69) is 44.3 Å². The number of pyridine rings is 1. The Morgan fingerprint density at radius 3 is 2.76 bits per heavy atom. The largest absolute Gasteiger partial charge is 0.493 e. The van der Waals surface area contributed by atoms with Crippen molar-refractivity contribution in [3.05, 3.63) is 35.5 Å². The molecule has 3 heteroatoms. The van der Waals surface area contributed by atoms with Crippen molar-refractivity contribution in [1.82, 2.24) is 10.3 Å². The molecule has 0 bridgehead atoms. The highest BCUT2D eigenvalue weighted by molar-refractivity contribution is 5.81. The summed E-state index contributed by atoms with van der Waals surface area (Å²) in [4.78, 5) is 4.71. The predicted molar refractivity (Wildman–Crippen MR) is 89.1 cm³/mol. The smallest absolute Gasteiger partial charge is 0.120 e. The lowest BCUT2D eigenvalue weighted by molar-refractivity contribution is 0.271. The summed E-state index contributed by atoms with van der Waals surface area (Å²) in [6, 6.07) is 8.43. The van der Waals surface area contributed by atoms with Crippen LogP contribution < -0.4 is 10.1 Å². The van der Waals surface area contributed by atoms with Gasteiger partial charge in [-0.15, -0.1) is 0 Å². The number of nitrogens with zero attached hydrogens (tertiary/aromatic N) is 1. The SMILES string of the molecule is CNCCCc1cc2cc(OCC(C)C)ccc2nc1C. The maximum atomic E-state index is 5.81. The summed E-state index contributed by atoms with van der Waals surface area (Å²) < 4.78 is 5.81. The molecule has 1 aromatic heterocycles. The third-order valence-electron chi connectivity index (χ3n) is 3.54. The third-order valence-corrected chi connectivity index (χ3v) is 3.54. The van der Waals surface area contributed by atoms with Crippen LogP contribution in [0, 0.1) is 12.8 Å². The number of fused-ring (bicyclic) bond motifs is 1. The molecule has 114 valence electrons. The predicted octanol–water partition coefficient (Wildman–Crippen LogP) is 3.73. The van der Waals surface area contributed by atoms with E-state index in [0.29, 0.717) is 5.92 Å². The molecule has 0 aliphatic rings. The van der Waals surface area contributed by atoms with Crippen molar-refractivity contribution in [2.45, 2.75) is 33.6 Å². The summed E-state index contributed by atoms with van der Waals surface area (Å²) in [6.07, 6.45) is 2.20. The molecule has 0 unspecified atom stereocenters. The topological polar surface area (TPSA) is 34.1 Å². The fraction of sp³-hybridized carbons (Fsp3) is 0.500. The molecule has 0 spiro atoms. The van der Waals surface area contributed by atoms with E-state index in [9.17, 15) is 0 Å². The first kappa shape index (κ1) is 15.8. The van der Waals surface area contributed by atoms with Gasteiger partial charge in [0.15, 0.2) is 0 Å². The Morgan fingerprint density at radius 2 is 2.05 bits per heavy atom. The molecule has 0 fully saturated rings. The molecule has 1 aromatic carbocycles. The van der Waals surface area contributed by atoms with Gasteiger partial charge in [0, 0.05) is 11.1 Å². The minimum atomic E-state index is 0.536. The molecule has 1 heterocycles. The lowest BCUT2D eigenvalue weighted by atomic mass is 10.0. The van der Waals surface area contributed by atoms with Crippen LogP contribution in [0.25, 0.3) is 10.9 Å². The molecule has 0 radical (unpaired) electrons. The van der Waals surface area contributed by atoms with Gasteiger partial charge >= 0.3 is 0 Å². The molecule has 0 aliphatic carbocycles. The van der Waals surface area contributed by atoms with E-state index in [-0.39, 0.29) is 0 Å². The molecule has 3 nitrogen and oxygen atoms in total. The summed E-state index contributed by atoms with van der Waals surface area (Å²) in [5.74, 6) is 1.47. The molecule has 0 saturated carbocycles. The van der Waals surface area contributed by atoms with Crippen molar-refractivity contribution < 1.29 is 4.74 Å². The van der Waals surface area contributed by atoms with Crippen LogP contribution >= 0.6 is 0 Å². The van der Waals surface area contributed by atoms with Crippen LogP contribution in [0.2, 0.25) is 0 Å². The van der Waals surface area contributed by atoms with Gasteiger partial charge in [-0.2, -0.15) is 0 Å². The maximum absolute atomic E-state index is 5.81. The molecule has 0 amide bonds. The van der Waals surface area contributed by atoms with E-state index >= 15 is 0 Å². The summed E-state index contributed by atoms with van der Waals surface area (Å²) in [7, 11) is 1.99. The number of rotatable bonds is 7. The van der Waals surface area contributed by atoms with Crippen LogP contribution in [0.15, 0.2) is 24.3 Å². The van der Waals surface area contributed by atoms with Crippen LogP contribution in [0.3, 0.4) is 0 Å². The highest BCUT2D eigenvalue weighted by Crippen LogP contribution is 2.23. The minimum absolute atomic E-state index is 0.536. The van der Waals surface area contributed by atoms with Gasteiger partial charge in [-0.25, -0.2) is 0 Å². The molecule has 0 aliphatic heterocycles. The van der Waals surface area contributed by atoms with Gasteiger partial charge in [0.1, 0.15) is 5.75 Å². The lowest BCUT2D eigenvalue weighted by Gasteiger charge is -2.11. The van der Waals surface area contributed by atoms with E-state index in [1.54, 1.807) is 0 Å². The normalized spacial score (nSPS) is 11.3. The van der Waals surface area contributed by atoms with Crippen molar-refractivity contribution >= 4 is 10.9 Å². The Bertz CT molecular complexity index is 593. The van der Waals surface area contributed by atoms with E-state index in [1.165, 1.54) is 10.9 Å². The second-order valence-corrected chi connectivity index (χ2v) is 6.00. The van der Waals surface area contributed by atoms with Gasteiger partial charge in [-0.3, -0.25) is 4.98 Å². The minimum Gasteiger partial charge on any atom is -0.493 e. The van der Waals surface area contributed by atoms with Gasteiger partial charge in [0.05, 0.1) is 12.1 Å². The van der Waals surface area contributed by atoms with Crippen molar-refractivity contribution in [2.75, 3.05) is 20.2 Å². The Morgan fingerprint density at radius 1 is 1.24 bits per heavy atom. The Balaban J connectivity index is 2.21. The van der Waals surface area contributed by atoms with E-state index < -0.39 is 0 Å². The zero-order valence-corrected chi connectivity index (χ0v) is 13.6. The zero-order chi connectivity index (χ0) is 15.2. The first-order valence-electron chi connectivity index (χ1n) is 7.78. The van der Waals surface area contributed by atoms with Crippen molar-refractivity contribution in [1.29, 1.82) is 0 Å². The number of hydrogen-bond donors (Lipinski definition) is 1. The van der Waals surface area contributed by atoms with Gasteiger partial charge in [-0.05, 0) is 69.1 Å². The average Bonchev–Trinajstić information content (AvgIpc) is 2.46. The van der Waals surface area contributed by atoms with Crippen molar-refractivity contribution in [3.8, 4) is 5.75 Å². The van der Waals surface area contributed by atoms with Crippen LogP contribution in [0.5, 0.6) is 5.75 Å². The lowest BCUT2D eigenvalue weighted by Crippen LogP contribution is -2.09. The van der Waals surface area contributed by atoms with Crippen LogP contribution in [-0.2, 0) is 6.42 Å². The van der Waals surface area contributed by atoms with E-state index in [0.717, 1.165) is 43.0 Å². The zero-order valence-electron chi connectivity index (χ0n) is 13.6. The molecule has 0 saturated heterocycles. The Kier molecular flexibility index (Phi) is 5.57. The number of benzene rings is 1. The second-order valence-electron chi connectivity index (χ2n) is 6.00. The number of aromatic nitrogens is 1. The molecule has 21 heavy (non-hydrogen) atoms. The first-order valence-corrected chi connectivity index (χ1v) is 7.78. The summed E-state index contributed by atoms with van der Waals surface area (Å²) in [5, 5.41) is 4.36. The molecule has 0 atom stereocenters. The monoisotopic (exact) mass is 286 g/mol. The van der Waals surface area contributed by atoms with Crippen molar-refractivity contribution in [3.63, 3.8) is 0 Å². The quantitative estimate of drug-likeness (QED) is 0.788. The highest BCUT2D eigenvalue weighted by Gasteiger charge is 2.05. The summed E-state index contributed by atoms with van der Waals surface area (Å²) >= 11 is 0. The number of aryl methyl sites for hydroxylation is 2. The van der Waals surface area contributed by atoms with Gasteiger partial charge in [0.2, 0.25) is 0 Å². The summed E-state index contributed by atoms with van der Waals surface area (Å²) in [6.45, 7) is 8.20. The Hall–Kier alpha value is -1.61. The highest BCUT2D eigenvalue weighted by atomic mass is 16.5. The van der Waals surface area contributed by atoms with E-state index in [1.807, 2.05) is 13.1 Å². The number of ether oxygens (including phenoxy) is 1. The fourth-order valence-corrected chi connectivity index (χ4v) is 2.36. The van der Waals surface area contributed by atoms with Gasteiger partial charge in [0.25, 0.3) is 0 Å². The van der Waals surface area contributed by atoms with E-state index in [4.69, 9.17) is 9.72 Å². The molecule has 2 aromatic rings.